The highest BCUT2D eigenvalue weighted by Gasteiger charge is 2.16. The minimum Gasteiger partial charge on any atom is -0.387 e. The van der Waals surface area contributed by atoms with Gasteiger partial charge in [-0.1, -0.05) is 35.5 Å². The van der Waals surface area contributed by atoms with Crippen LogP contribution in [0, 0.1) is 0 Å². The second kappa shape index (κ2) is 6.81. The number of aromatic amines is 1. The number of fused-ring (bicyclic) bond motifs is 1. The monoisotopic (exact) mass is 348 g/mol. The summed E-state index contributed by atoms with van der Waals surface area (Å²) < 4.78 is 5.28. The molecule has 4 aromatic rings. The predicted octanol–water partition coefficient (Wildman–Crippen LogP) is 2.68. The van der Waals surface area contributed by atoms with E-state index in [0.29, 0.717) is 5.76 Å². The second-order valence-corrected chi connectivity index (χ2v) is 5.88. The maximum atomic E-state index is 12.2. The highest BCUT2D eigenvalue weighted by molar-refractivity contribution is 5.93. The normalized spacial score (nSPS) is 12.2. The summed E-state index contributed by atoms with van der Waals surface area (Å²) in [5.41, 5.74) is 2.62. The molecule has 0 aliphatic rings. The van der Waals surface area contributed by atoms with Crippen LogP contribution in [0.15, 0.2) is 65.3 Å². The smallest absolute Gasteiger partial charge is 0.273 e. The van der Waals surface area contributed by atoms with Gasteiger partial charge in [0.25, 0.3) is 5.91 Å². The van der Waals surface area contributed by atoms with Gasteiger partial charge in [-0.2, -0.15) is 5.10 Å². The number of aromatic nitrogens is 3. The maximum absolute atomic E-state index is 12.2. The average Bonchev–Trinajstić information content (AvgIpc) is 3.35. The molecule has 0 spiro atoms. The third-order valence-electron chi connectivity index (χ3n) is 4.11. The first kappa shape index (κ1) is 16.0. The van der Waals surface area contributed by atoms with Crippen LogP contribution in [0.1, 0.15) is 22.2 Å². The third-order valence-corrected chi connectivity index (χ3v) is 4.11. The van der Waals surface area contributed by atoms with Crippen molar-refractivity contribution in [3.63, 3.8) is 0 Å². The molecule has 7 heteroatoms. The fourth-order valence-corrected chi connectivity index (χ4v) is 2.69. The van der Waals surface area contributed by atoms with E-state index in [1.54, 1.807) is 24.4 Å². The number of nitrogens with zero attached hydrogens (tertiary/aromatic N) is 2. The van der Waals surface area contributed by atoms with E-state index in [0.717, 1.165) is 22.0 Å². The molecule has 1 amide bonds. The Kier molecular flexibility index (Phi) is 4.20. The molecule has 3 N–H and O–H groups in total. The van der Waals surface area contributed by atoms with Gasteiger partial charge in [-0.25, -0.2) is 0 Å². The van der Waals surface area contributed by atoms with Crippen molar-refractivity contribution >= 4 is 16.8 Å². The van der Waals surface area contributed by atoms with Crippen LogP contribution in [0.2, 0.25) is 0 Å². The SMILES string of the molecule is O=C(NCC(O)c1ccccc1)c1cc(-c2ccc3[nH]ncc3c2)on1. The molecule has 2 heterocycles. The van der Waals surface area contributed by atoms with Crippen LogP contribution in [-0.4, -0.2) is 32.9 Å². The summed E-state index contributed by atoms with van der Waals surface area (Å²) >= 11 is 0. The van der Waals surface area contributed by atoms with E-state index in [4.69, 9.17) is 4.52 Å². The molecule has 4 rings (SSSR count). The molecule has 0 aliphatic heterocycles. The van der Waals surface area contributed by atoms with E-state index >= 15 is 0 Å². The van der Waals surface area contributed by atoms with Gasteiger partial charge in [0.2, 0.25) is 0 Å². The predicted molar refractivity (Wildman–Crippen MR) is 95.3 cm³/mol. The van der Waals surface area contributed by atoms with Crippen LogP contribution in [0.4, 0.5) is 0 Å². The molecule has 0 saturated carbocycles. The van der Waals surface area contributed by atoms with Crippen molar-refractivity contribution in [2.24, 2.45) is 0 Å². The van der Waals surface area contributed by atoms with Gasteiger partial charge in [0.15, 0.2) is 11.5 Å². The first-order valence-corrected chi connectivity index (χ1v) is 8.12. The maximum Gasteiger partial charge on any atom is 0.273 e. The minimum atomic E-state index is -0.782. The summed E-state index contributed by atoms with van der Waals surface area (Å²) in [6.45, 7) is 0.0893. The number of aliphatic hydroxyl groups excluding tert-OH is 1. The average molecular weight is 348 g/mol. The van der Waals surface area contributed by atoms with Crippen LogP contribution in [-0.2, 0) is 0 Å². The highest BCUT2D eigenvalue weighted by atomic mass is 16.5. The Bertz CT molecular complexity index is 1040. The Hall–Kier alpha value is -3.45. The summed E-state index contributed by atoms with van der Waals surface area (Å²) in [4.78, 5) is 12.2. The summed E-state index contributed by atoms with van der Waals surface area (Å²) in [5, 5.41) is 24.4. The van der Waals surface area contributed by atoms with Crippen LogP contribution >= 0.6 is 0 Å². The molecule has 130 valence electrons. The quantitative estimate of drug-likeness (QED) is 0.514. The second-order valence-electron chi connectivity index (χ2n) is 5.88. The van der Waals surface area contributed by atoms with Crippen molar-refractivity contribution in [3.8, 4) is 11.3 Å². The number of carbonyl (C=O) groups is 1. The summed E-state index contributed by atoms with van der Waals surface area (Å²) in [7, 11) is 0. The zero-order valence-electron chi connectivity index (χ0n) is 13.7. The molecule has 0 saturated heterocycles. The van der Waals surface area contributed by atoms with Gasteiger partial charge in [0.1, 0.15) is 0 Å². The summed E-state index contributed by atoms with van der Waals surface area (Å²) in [6.07, 6.45) is 0.934. The Balaban J connectivity index is 1.44. The number of hydrogen-bond acceptors (Lipinski definition) is 5. The zero-order valence-corrected chi connectivity index (χ0v) is 13.7. The lowest BCUT2D eigenvalue weighted by molar-refractivity contribution is 0.0907. The molecule has 0 radical (unpaired) electrons. The van der Waals surface area contributed by atoms with E-state index in [-0.39, 0.29) is 12.2 Å². The van der Waals surface area contributed by atoms with Gasteiger partial charge in [0.05, 0.1) is 17.8 Å². The zero-order chi connectivity index (χ0) is 17.9. The lowest BCUT2D eigenvalue weighted by Gasteiger charge is -2.11. The highest BCUT2D eigenvalue weighted by Crippen LogP contribution is 2.24. The first-order valence-electron chi connectivity index (χ1n) is 8.12. The Morgan fingerprint density at radius 2 is 2.04 bits per heavy atom. The minimum absolute atomic E-state index is 0.0893. The molecule has 0 fully saturated rings. The number of carbonyl (C=O) groups excluding carboxylic acids is 1. The molecule has 0 bridgehead atoms. The Morgan fingerprint density at radius 1 is 1.19 bits per heavy atom. The van der Waals surface area contributed by atoms with E-state index in [1.165, 1.54) is 0 Å². The van der Waals surface area contributed by atoms with Gasteiger partial charge in [-0.15, -0.1) is 0 Å². The van der Waals surface area contributed by atoms with Crippen molar-refractivity contribution in [1.82, 2.24) is 20.7 Å². The Labute approximate surface area is 148 Å². The van der Waals surface area contributed by atoms with E-state index < -0.39 is 12.0 Å². The van der Waals surface area contributed by atoms with E-state index in [1.807, 2.05) is 36.4 Å². The largest absolute Gasteiger partial charge is 0.387 e. The summed E-state index contributed by atoms with van der Waals surface area (Å²) in [6, 6.07) is 16.4. The van der Waals surface area contributed by atoms with Gasteiger partial charge in [-0.05, 0) is 23.8 Å². The number of H-pyrrole nitrogens is 1. The van der Waals surface area contributed by atoms with Gasteiger partial charge >= 0.3 is 0 Å². The lowest BCUT2D eigenvalue weighted by Crippen LogP contribution is -2.28. The number of aliphatic hydroxyl groups is 1. The standard InChI is InChI=1S/C19H16N4O3/c24-17(12-4-2-1-3-5-12)11-20-19(25)16-9-18(26-23-16)13-6-7-15-14(8-13)10-21-22-15/h1-10,17,24H,11H2,(H,20,25)(H,21,22). The van der Waals surface area contributed by atoms with Gasteiger partial charge in [0, 0.05) is 23.6 Å². The fraction of sp³-hybridized carbons (Fsp3) is 0.105. The van der Waals surface area contributed by atoms with Crippen LogP contribution in [0.5, 0.6) is 0 Å². The fourth-order valence-electron chi connectivity index (χ4n) is 2.69. The van der Waals surface area contributed by atoms with Crippen LogP contribution in [0.25, 0.3) is 22.2 Å². The lowest BCUT2D eigenvalue weighted by atomic mass is 10.1. The molecular weight excluding hydrogens is 332 g/mol. The first-order chi connectivity index (χ1) is 12.7. The van der Waals surface area contributed by atoms with Crippen molar-refractivity contribution in [2.75, 3.05) is 6.54 Å². The van der Waals surface area contributed by atoms with E-state index in [9.17, 15) is 9.90 Å². The molecule has 1 atom stereocenters. The van der Waals surface area contributed by atoms with Gasteiger partial charge < -0.3 is 14.9 Å². The van der Waals surface area contributed by atoms with Gasteiger partial charge in [-0.3, -0.25) is 9.89 Å². The number of benzene rings is 2. The molecule has 0 aliphatic carbocycles. The molecule has 26 heavy (non-hydrogen) atoms. The van der Waals surface area contributed by atoms with Crippen LogP contribution in [0.3, 0.4) is 0 Å². The number of amides is 1. The topological polar surface area (TPSA) is 104 Å². The molecule has 7 nitrogen and oxygen atoms in total. The molecule has 2 aromatic carbocycles. The van der Waals surface area contributed by atoms with E-state index in [2.05, 4.69) is 20.7 Å². The molecular formula is C19H16N4O3. The van der Waals surface area contributed by atoms with Crippen molar-refractivity contribution < 1.29 is 14.4 Å². The summed E-state index contributed by atoms with van der Waals surface area (Å²) in [5.74, 6) is 0.0845. The molecule has 2 aromatic heterocycles. The number of nitrogens with one attached hydrogen (secondary N) is 2. The van der Waals surface area contributed by atoms with Crippen LogP contribution < -0.4 is 5.32 Å². The van der Waals surface area contributed by atoms with Crippen molar-refractivity contribution in [1.29, 1.82) is 0 Å². The number of rotatable bonds is 5. The third kappa shape index (κ3) is 3.20. The van der Waals surface area contributed by atoms with Crippen molar-refractivity contribution in [2.45, 2.75) is 6.10 Å². The Morgan fingerprint density at radius 3 is 2.88 bits per heavy atom. The molecule has 1 unspecified atom stereocenters. The van der Waals surface area contributed by atoms with Crippen molar-refractivity contribution in [3.05, 3.63) is 72.1 Å². The number of hydrogen-bond donors (Lipinski definition) is 3.